The molecule has 1 heterocycles. The number of alkyl halides is 3. The molecule has 1 amide bonds. The summed E-state index contributed by atoms with van der Waals surface area (Å²) in [6, 6.07) is 15.4. The zero-order valence-corrected chi connectivity index (χ0v) is 17.7. The van der Waals surface area contributed by atoms with Crippen molar-refractivity contribution in [3.8, 4) is 0 Å². The van der Waals surface area contributed by atoms with Crippen LogP contribution in [0.2, 0.25) is 0 Å². The van der Waals surface area contributed by atoms with E-state index in [0.29, 0.717) is 23.3 Å². The van der Waals surface area contributed by atoms with Gasteiger partial charge in [0.15, 0.2) is 6.10 Å². The van der Waals surface area contributed by atoms with Gasteiger partial charge in [-0.05, 0) is 53.6 Å². The largest absolute Gasteiger partial charge is 0.416 e. The molecule has 1 atom stereocenters. The maximum atomic E-state index is 13.7. The molecule has 0 bridgehead atoms. The minimum absolute atomic E-state index is 0.0147. The van der Waals surface area contributed by atoms with Crippen molar-refractivity contribution >= 4 is 11.6 Å². The molecule has 0 saturated heterocycles. The molecule has 176 valence electrons. The molecule has 9 heteroatoms. The van der Waals surface area contributed by atoms with E-state index in [-0.39, 0.29) is 24.5 Å². The summed E-state index contributed by atoms with van der Waals surface area (Å²) >= 11 is 0. The highest BCUT2D eigenvalue weighted by molar-refractivity contribution is 6.01. The summed E-state index contributed by atoms with van der Waals surface area (Å²) in [5, 5.41) is 4.03. The van der Waals surface area contributed by atoms with Crippen molar-refractivity contribution in [3.05, 3.63) is 107 Å². The fourth-order valence-corrected chi connectivity index (χ4v) is 3.63. The lowest BCUT2D eigenvalue weighted by Crippen LogP contribution is -2.37. The number of amides is 1. The Morgan fingerprint density at radius 3 is 2.32 bits per heavy atom. The Hall–Kier alpha value is -3.75. The summed E-state index contributed by atoms with van der Waals surface area (Å²) in [5.74, 6) is -1.47. The highest BCUT2D eigenvalue weighted by atomic mass is 19.4. The van der Waals surface area contributed by atoms with Crippen molar-refractivity contribution in [2.45, 2.75) is 25.2 Å². The summed E-state index contributed by atoms with van der Waals surface area (Å²) in [4.78, 5) is 20.0. The van der Waals surface area contributed by atoms with Gasteiger partial charge >= 0.3 is 6.18 Å². The molecule has 0 N–H and O–H groups in total. The van der Waals surface area contributed by atoms with Gasteiger partial charge in [0.1, 0.15) is 11.6 Å². The Labute approximate surface area is 192 Å². The molecule has 0 unspecified atom stereocenters. The first-order chi connectivity index (χ1) is 16.2. The molecule has 0 aromatic heterocycles. The Bertz CT molecular complexity index is 1190. The minimum atomic E-state index is -4.47. The van der Waals surface area contributed by atoms with Crippen LogP contribution in [0.25, 0.3) is 0 Å². The zero-order chi connectivity index (χ0) is 24.3. The van der Waals surface area contributed by atoms with E-state index in [4.69, 9.17) is 4.84 Å². The quantitative estimate of drug-likeness (QED) is 0.423. The van der Waals surface area contributed by atoms with E-state index >= 15 is 0 Å². The second-order valence-electron chi connectivity index (χ2n) is 7.87. The lowest BCUT2D eigenvalue weighted by molar-refractivity contribution is -0.137. The van der Waals surface area contributed by atoms with E-state index in [1.54, 1.807) is 12.1 Å². The third-order valence-electron chi connectivity index (χ3n) is 5.35. The van der Waals surface area contributed by atoms with E-state index in [1.807, 2.05) is 0 Å². The van der Waals surface area contributed by atoms with Crippen LogP contribution < -0.4 is 0 Å². The molecular weight excluding hydrogens is 455 g/mol. The van der Waals surface area contributed by atoms with Gasteiger partial charge in [-0.2, -0.15) is 13.2 Å². The first kappa shape index (κ1) is 23.4. The Kier molecular flexibility index (Phi) is 6.63. The van der Waals surface area contributed by atoms with Crippen molar-refractivity contribution in [1.82, 2.24) is 4.90 Å². The monoisotopic (exact) mass is 474 g/mol. The third kappa shape index (κ3) is 5.59. The van der Waals surface area contributed by atoms with Gasteiger partial charge in [0.2, 0.25) is 0 Å². The topological polar surface area (TPSA) is 41.9 Å². The Balaban J connectivity index is 1.52. The molecule has 0 saturated carbocycles. The van der Waals surface area contributed by atoms with Crippen molar-refractivity contribution in [2.75, 3.05) is 6.54 Å². The lowest BCUT2D eigenvalue weighted by atomic mass is 10.0. The van der Waals surface area contributed by atoms with E-state index in [2.05, 4.69) is 5.16 Å². The van der Waals surface area contributed by atoms with Gasteiger partial charge < -0.3 is 9.74 Å². The van der Waals surface area contributed by atoms with Crippen LogP contribution in [0.5, 0.6) is 0 Å². The molecule has 0 radical (unpaired) electrons. The molecule has 3 aromatic rings. The molecule has 34 heavy (non-hydrogen) atoms. The predicted molar refractivity (Wildman–Crippen MR) is 115 cm³/mol. The zero-order valence-electron chi connectivity index (χ0n) is 17.7. The summed E-state index contributed by atoms with van der Waals surface area (Å²) in [7, 11) is 0. The second-order valence-corrected chi connectivity index (χ2v) is 7.87. The number of rotatable bonds is 6. The number of hydrogen-bond donors (Lipinski definition) is 0. The van der Waals surface area contributed by atoms with Crippen molar-refractivity contribution in [2.24, 2.45) is 5.16 Å². The molecular formula is C25H19F5N2O2. The first-order valence-electron chi connectivity index (χ1n) is 10.4. The number of nitrogens with zero attached hydrogens (tertiary/aromatic N) is 2. The fraction of sp³-hybridized carbons (Fsp3) is 0.200. The van der Waals surface area contributed by atoms with E-state index in [9.17, 15) is 26.7 Å². The Morgan fingerprint density at radius 2 is 1.68 bits per heavy atom. The summed E-state index contributed by atoms with van der Waals surface area (Å²) in [6.45, 7) is 0.0454. The van der Waals surface area contributed by atoms with Crippen molar-refractivity contribution in [1.29, 1.82) is 0 Å². The molecule has 4 nitrogen and oxygen atoms in total. The second kappa shape index (κ2) is 9.62. The number of carbonyl (C=O) groups is 1. The van der Waals surface area contributed by atoms with Crippen LogP contribution in [-0.2, 0) is 17.6 Å². The molecule has 0 aliphatic carbocycles. The van der Waals surface area contributed by atoms with Crippen LogP contribution in [0.1, 0.15) is 33.5 Å². The van der Waals surface area contributed by atoms with Crippen LogP contribution >= 0.6 is 0 Å². The molecule has 3 aromatic carbocycles. The highest BCUT2D eigenvalue weighted by Gasteiger charge is 2.31. The van der Waals surface area contributed by atoms with Crippen LogP contribution in [-0.4, -0.2) is 29.2 Å². The molecule has 4 rings (SSSR count). The van der Waals surface area contributed by atoms with Crippen molar-refractivity contribution < 1.29 is 31.6 Å². The van der Waals surface area contributed by atoms with Crippen LogP contribution in [0, 0.1) is 11.6 Å². The Morgan fingerprint density at radius 1 is 0.971 bits per heavy atom. The summed E-state index contributed by atoms with van der Waals surface area (Å²) in [6.07, 6.45) is -4.67. The first-order valence-corrected chi connectivity index (χ1v) is 10.4. The average molecular weight is 474 g/mol. The van der Waals surface area contributed by atoms with Gasteiger partial charge in [-0.15, -0.1) is 0 Å². The number of oxime groups is 1. The SMILES string of the molecule is O=C(c1cccc(F)c1)N(Cc1ccc(C(F)(F)F)cc1)C[C@H]1CC(c2ccc(F)cc2)=NO1. The number of halogens is 5. The van der Waals surface area contributed by atoms with Crippen LogP contribution in [0.3, 0.4) is 0 Å². The molecule has 0 spiro atoms. The average Bonchev–Trinajstić information content (AvgIpc) is 3.27. The fourth-order valence-electron chi connectivity index (χ4n) is 3.63. The van der Waals surface area contributed by atoms with Gasteiger partial charge in [-0.25, -0.2) is 8.78 Å². The maximum Gasteiger partial charge on any atom is 0.416 e. The highest BCUT2D eigenvalue weighted by Crippen LogP contribution is 2.29. The van der Waals surface area contributed by atoms with E-state index in [0.717, 1.165) is 18.2 Å². The van der Waals surface area contributed by atoms with Gasteiger partial charge in [-0.1, -0.05) is 35.5 Å². The van der Waals surface area contributed by atoms with Gasteiger partial charge in [-0.3, -0.25) is 4.79 Å². The maximum absolute atomic E-state index is 13.7. The van der Waals surface area contributed by atoms with Crippen LogP contribution in [0.15, 0.2) is 78.0 Å². The van der Waals surface area contributed by atoms with Gasteiger partial charge in [0.05, 0.1) is 17.8 Å². The minimum Gasteiger partial charge on any atom is -0.390 e. The third-order valence-corrected chi connectivity index (χ3v) is 5.35. The summed E-state index contributed by atoms with van der Waals surface area (Å²) in [5.41, 5.74) is 1.03. The lowest BCUT2D eigenvalue weighted by Gasteiger charge is -2.25. The normalized spacial score (nSPS) is 15.6. The molecule has 1 aliphatic rings. The number of hydrogen-bond acceptors (Lipinski definition) is 3. The smallest absolute Gasteiger partial charge is 0.390 e. The predicted octanol–water partition coefficient (Wildman–Crippen LogP) is 5.82. The van der Waals surface area contributed by atoms with Crippen molar-refractivity contribution in [3.63, 3.8) is 0 Å². The van der Waals surface area contributed by atoms with E-state index < -0.39 is 29.6 Å². The standard InChI is InChI=1S/C25H19F5N2O2/c26-20-10-6-17(7-11-20)23-13-22(34-31-23)15-32(24(33)18-2-1-3-21(27)12-18)14-16-4-8-19(9-5-16)25(28,29)30/h1-12,22H,13-15H2/t22-/m1/s1. The molecule has 1 aliphatic heterocycles. The number of carbonyl (C=O) groups excluding carboxylic acids is 1. The van der Waals surface area contributed by atoms with Gasteiger partial charge in [0.25, 0.3) is 5.91 Å². The van der Waals surface area contributed by atoms with Crippen LogP contribution in [0.4, 0.5) is 22.0 Å². The summed E-state index contributed by atoms with van der Waals surface area (Å²) < 4.78 is 65.6. The van der Waals surface area contributed by atoms with E-state index in [1.165, 1.54) is 47.4 Å². The molecule has 0 fully saturated rings. The van der Waals surface area contributed by atoms with Gasteiger partial charge in [0, 0.05) is 18.5 Å². The number of benzene rings is 3.